The highest BCUT2D eigenvalue weighted by Crippen LogP contribution is 2.33. The summed E-state index contributed by atoms with van der Waals surface area (Å²) in [7, 11) is 0. The quantitative estimate of drug-likeness (QED) is 0.400. The van der Waals surface area contributed by atoms with Crippen LogP contribution < -0.4 is 5.32 Å². The Bertz CT molecular complexity index is 1140. The van der Waals surface area contributed by atoms with E-state index in [0.717, 1.165) is 54.5 Å². The lowest BCUT2D eigenvalue weighted by molar-refractivity contribution is -0.138. The van der Waals surface area contributed by atoms with Gasteiger partial charge in [0.25, 0.3) is 0 Å². The number of benzene rings is 2. The minimum atomic E-state index is -0.278. The van der Waals surface area contributed by atoms with Gasteiger partial charge in [0.15, 0.2) is 0 Å². The van der Waals surface area contributed by atoms with Gasteiger partial charge < -0.3 is 14.8 Å². The highest BCUT2D eigenvalue weighted by molar-refractivity contribution is 7.59. The third-order valence-electron chi connectivity index (χ3n) is 6.64. The number of fused-ring (bicyclic) bond motifs is 1. The molecule has 3 aromatic rings. The van der Waals surface area contributed by atoms with Crippen LogP contribution in [0, 0.1) is 12.7 Å². The van der Waals surface area contributed by atoms with Gasteiger partial charge in [-0.25, -0.2) is 9.37 Å². The maximum atomic E-state index is 13.6. The molecular formula is C28H38FN5OS. The second-order valence-corrected chi connectivity index (χ2v) is 9.35. The number of aromatic nitrogens is 2. The summed E-state index contributed by atoms with van der Waals surface area (Å²) in [6.45, 7) is 12.0. The van der Waals surface area contributed by atoms with E-state index >= 15 is 0 Å². The number of carbonyl (C=O) groups excluding carboxylic acids is 1. The van der Waals surface area contributed by atoms with Crippen LogP contribution in [0.2, 0.25) is 0 Å². The Balaban J connectivity index is 0.00000361. The first kappa shape index (κ1) is 27.7. The monoisotopic (exact) mass is 511 g/mol. The van der Waals surface area contributed by atoms with Crippen LogP contribution >= 0.6 is 13.5 Å². The van der Waals surface area contributed by atoms with Gasteiger partial charge >= 0.3 is 0 Å². The van der Waals surface area contributed by atoms with E-state index in [1.807, 2.05) is 24.0 Å². The molecule has 4 rings (SSSR count). The summed E-state index contributed by atoms with van der Waals surface area (Å²) in [6.07, 6.45) is 2.05. The van der Waals surface area contributed by atoms with Crippen molar-refractivity contribution in [2.24, 2.45) is 0 Å². The second-order valence-electron chi connectivity index (χ2n) is 9.35. The third-order valence-corrected chi connectivity index (χ3v) is 6.64. The zero-order valence-electron chi connectivity index (χ0n) is 21.7. The van der Waals surface area contributed by atoms with E-state index in [4.69, 9.17) is 4.98 Å². The standard InChI is InChI=1S/C28H36FN5O.H2S/c1-5-15-32(16-6-2)21(4)28(35)33-17-18-34-25(19-33)31-26(22-9-11-23(29)12-10-22)27(34)30-24-13-7-20(3)8-14-24;/h7-14,21,30H,5-6,15-19H2,1-4H3;1H2/t21-;/m0./s1. The SMILES string of the molecule is CCCN(CCC)[C@@H](C)C(=O)N1CCn2c(nc(-c3ccc(F)cc3)c2Nc2ccc(C)cc2)C1.S. The van der Waals surface area contributed by atoms with Gasteiger partial charge in [-0.05, 0) is 76.2 Å². The van der Waals surface area contributed by atoms with Crippen molar-refractivity contribution in [2.45, 2.75) is 59.7 Å². The van der Waals surface area contributed by atoms with Gasteiger partial charge in [-0.15, -0.1) is 0 Å². The van der Waals surface area contributed by atoms with E-state index < -0.39 is 0 Å². The van der Waals surface area contributed by atoms with Crippen molar-refractivity contribution in [2.75, 3.05) is 25.0 Å². The number of nitrogens with zero attached hydrogens (tertiary/aromatic N) is 4. The summed E-state index contributed by atoms with van der Waals surface area (Å²) >= 11 is 0. The summed E-state index contributed by atoms with van der Waals surface area (Å²) < 4.78 is 15.8. The molecule has 1 N–H and O–H groups in total. The molecule has 1 amide bonds. The van der Waals surface area contributed by atoms with E-state index in [1.54, 1.807) is 12.1 Å². The number of anilines is 2. The highest BCUT2D eigenvalue weighted by Gasteiger charge is 2.31. The third kappa shape index (κ3) is 6.10. The molecule has 0 spiro atoms. The molecule has 0 saturated heterocycles. The lowest BCUT2D eigenvalue weighted by Gasteiger charge is -2.34. The Morgan fingerprint density at radius 1 is 1.06 bits per heavy atom. The van der Waals surface area contributed by atoms with Crippen LogP contribution in [0.1, 0.15) is 45.0 Å². The topological polar surface area (TPSA) is 53.4 Å². The Hall–Kier alpha value is -2.84. The van der Waals surface area contributed by atoms with Gasteiger partial charge in [0, 0.05) is 24.3 Å². The molecule has 0 saturated carbocycles. The molecule has 1 atom stereocenters. The van der Waals surface area contributed by atoms with Crippen molar-refractivity contribution in [1.82, 2.24) is 19.4 Å². The fraction of sp³-hybridized carbons (Fsp3) is 0.429. The number of aryl methyl sites for hydroxylation is 1. The predicted molar refractivity (Wildman–Crippen MR) is 149 cm³/mol. The zero-order valence-corrected chi connectivity index (χ0v) is 22.7. The van der Waals surface area contributed by atoms with Crippen molar-refractivity contribution < 1.29 is 9.18 Å². The Morgan fingerprint density at radius 3 is 2.31 bits per heavy atom. The van der Waals surface area contributed by atoms with Crippen LogP contribution in [-0.4, -0.2) is 50.9 Å². The number of nitrogens with one attached hydrogen (secondary N) is 1. The van der Waals surface area contributed by atoms with Crippen LogP contribution in [0.3, 0.4) is 0 Å². The minimum Gasteiger partial charge on any atom is -0.340 e. The number of hydrogen-bond acceptors (Lipinski definition) is 4. The number of rotatable bonds is 9. The number of hydrogen-bond donors (Lipinski definition) is 1. The molecule has 194 valence electrons. The lowest BCUT2D eigenvalue weighted by Crippen LogP contribution is -2.49. The van der Waals surface area contributed by atoms with Crippen LogP contribution in [0.5, 0.6) is 0 Å². The molecule has 1 aliphatic heterocycles. The van der Waals surface area contributed by atoms with E-state index in [1.165, 1.54) is 17.7 Å². The van der Waals surface area contributed by atoms with E-state index in [-0.39, 0.29) is 31.3 Å². The molecule has 2 aromatic carbocycles. The molecule has 1 aromatic heterocycles. The molecular weight excluding hydrogens is 473 g/mol. The van der Waals surface area contributed by atoms with Gasteiger partial charge in [-0.2, -0.15) is 13.5 Å². The molecule has 36 heavy (non-hydrogen) atoms. The van der Waals surface area contributed by atoms with Gasteiger partial charge in [-0.1, -0.05) is 31.5 Å². The fourth-order valence-corrected chi connectivity index (χ4v) is 4.72. The Labute approximate surface area is 221 Å². The molecule has 1 aliphatic rings. The Morgan fingerprint density at radius 2 is 1.69 bits per heavy atom. The first-order valence-corrected chi connectivity index (χ1v) is 12.6. The molecule has 0 fully saturated rings. The van der Waals surface area contributed by atoms with Crippen molar-refractivity contribution in [3.63, 3.8) is 0 Å². The highest BCUT2D eigenvalue weighted by atomic mass is 32.1. The van der Waals surface area contributed by atoms with Gasteiger partial charge in [0.05, 0.1) is 12.6 Å². The van der Waals surface area contributed by atoms with Crippen LogP contribution in [-0.2, 0) is 17.9 Å². The zero-order chi connectivity index (χ0) is 24.9. The van der Waals surface area contributed by atoms with E-state index in [2.05, 4.69) is 47.7 Å². The summed E-state index contributed by atoms with van der Waals surface area (Å²) in [5, 5.41) is 3.53. The van der Waals surface area contributed by atoms with Crippen LogP contribution in [0.25, 0.3) is 11.3 Å². The Kier molecular flexibility index (Phi) is 9.56. The molecule has 0 bridgehead atoms. The lowest BCUT2D eigenvalue weighted by atomic mass is 10.1. The predicted octanol–water partition coefficient (Wildman–Crippen LogP) is 5.71. The summed E-state index contributed by atoms with van der Waals surface area (Å²) in [5.41, 5.74) is 3.75. The van der Waals surface area contributed by atoms with Crippen LogP contribution in [0.15, 0.2) is 48.5 Å². The summed E-state index contributed by atoms with van der Waals surface area (Å²) in [6, 6.07) is 14.5. The van der Waals surface area contributed by atoms with Crippen molar-refractivity contribution in [3.8, 4) is 11.3 Å². The van der Waals surface area contributed by atoms with Crippen LogP contribution in [0.4, 0.5) is 15.9 Å². The average Bonchev–Trinajstić information content (AvgIpc) is 3.22. The van der Waals surface area contributed by atoms with Crippen molar-refractivity contribution >= 4 is 30.9 Å². The number of amides is 1. The number of carbonyl (C=O) groups is 1. The van der Waals surface area contributed by atoms with Crippen molar-refractivity contribution in [1.29, 1.82) is 0 Å². The number of halogens is 1. The van der Waals surface area contributed by atoms with E-state index in [9.17, 15) is 9.18 Å². The van der Waals surface area contributed by atoms with Gasteiger partial charge in [0.1, 0.15) is 23.2 Å². The summed E-state index contributed by atoms with van der Waals surface area (Å²) in [5.74, 6) is 1.58. The second kappa shape index (κ2) is 12.4. The van der Waals surface area contributed by atoms with Gasteiger partial charge in [-0.3, -0.25) is 9.69 Å². The molecule has 6 nitrogen and oxygen atoms in total. The molecule has 8 heteroatoms. The summed E-state index contributed by atoms with van der Waals surface area (Å²) in [4.78, 5) is 22.6. The average molecular weight is 512 g/mol. The van der Waals surface area contributed by atoms with Gasteiger partial charge in [0.2, 0.25) is 5.91 Å². The molecule has 0 unspecified atom stereocenters. The maximum absolute atomic E-state index is 13.6. The normalized spacial score (nSPS) is 13.8. The van der Waals surface area contributed by atoms with E-state index in [0.29, 0.717) is 19.6 Å². The first-order valence-electron chi connectivity index (χ1n) is 12.6. The molecule has 0 aliphatic carbocycles. The largest absolute Gasteiger partial charge is 0.340 e. The molecule has 2 heterocycles. The first-order chi connectivity index (χ1) is 16.9. The fourth-order valence-electron chi connectivity index (χ4n) is 4.72. The smallest absolute Gasteiger partial charge is 0.240 e. The molecule has 0 radical (unpaired) electrons. The number of imidazole rings is 1. The minimum absolute atomic E-state index is 0. The maximum Gasteiger partial charge on any atom is 0.240 e. The van der Waals surface area contributed by atoms with Crippen molar-refractivity contribution in [3.05, 3.63) is 65.7 Å².